The number of anilines is 1. The van der Waals surface area contributed by atoms with Gasteiger partial charge in [-0.05, 0) is 43.0 Å². The first-order chi connectivity index (χ1) is 16.3. The number of carbonyl (C=O) groups excluding carboxylic acids is 3. The molecule has 0 aliphatic carbocycles. The minimum absolute atomic E-state index is 0.105. The van der Waals surface area contributed by atoms with E-state index < -0.39 is 18.5 Å². The van der Waals surface area contributed by atoms with Crippen molar-refractivity contribution in [3.8, 4) is 0 Å². The van der Waals surface area contributed by atoms with Crippen LogP contribution < -0.4 is 10.6 Å². The Hall–Kier alpha value is -3.93. The molecule has 0 saturated carbocycles. The van der Waals surface area contributed by atoms with Crippen molar-refractivity contribution in [1.29, 1.82) is 0 Å². The second kappa shape index (κ2) is 11.8. The summed E-state index contributed by atoms with van der Waals surface area (Å²) >= 11 is 0. The number of hydrogen-bond donors (Lipinski definition) is 2. The Labute approximate surface area is 200 Å². The molecular weight excluding hydrogens is 428 g/mol. The standard InChI is InChI=1S/C28H30N2O4/c1-19-14-20(2)28(21(3)15-19)30-25(31)17-29-26(32)18-34-27(33)16-24(22-10-6-4-7-11-22)23-12-8-5-9-13-23/h4-15,24H,16-18H2,1-3H3,(H,29,32)(H,30,31). The number of carbonyl (C=O) groups is 3. The lowest BCUT2D eigenvalue weighted by Crippen LogP contribution is -2.35. The lowest BCUT2D eigenvalue weighted by atomic mass is 9.89. The highest BCUT2D eigenvalue weighted by atomic mass is 16.5. The van der Waals surface area contributed by atoms with E-state index >= 15 is 0 Å². The molecule has 6 nitrogen and oxygen atoms in total. The van der Waals surface area contributed by atoms with E-state index in [0.29, 0.717) is 0 Å². The molecule has 0 aliphatic heterocycles. The van der Waals surface area contributed by atoms with Crippen LogP contribution >= 0.6 is 0 Å². The van der Waals surface area contributed by atoms with Crippen LogP contribution in [0.5, 0.6) is 0 Å². The SMILES string of the molecule is Cc1cc(C)c(NC(=O)CNC(=O)COC(=O)CC(c2ccccc2)c2ccccc2)c(C)c1. The molecular formula is C28H30N2O4. The summed E-state index contributed by atoms with van der Waals surface area (Å²) in [5.74, 6) is -1.53. The van der Waals surface area contributed by atoms with Crippen LogP contribution in [0.15, 0.2) is 72.8 Å². The first-order valence-corrected chi connectivity index (χ1v) is 11.2. The summed E-state index contributed by atoms with van der Waals surface area (Å²) in [6.07, 6.45) is 0.105. The van der Waals surface area contributed by atoms with Gasteiger partial charge in [0.05, 0.1) is 13.0 Å². The van der Waals surface area contributed by atoms with Crippen molar-refractivity contribution in [3.05, 3.63) is 101 Å². The predicted octanol–water partition coefficient (Wildman–Crippen LogP) is 4.43. The van der Waals surface area contributed by atoms with Crippen molar-refractivity contribution in [2.75, 3.05) is 18.5 Å². The Morgan fingerprint density at radius 3 is 1.85 bits per heavy atom. The van der Waals surface area contributed by atoms with Crippen molar-refractivity contribution in [1.82, 2.24) is 5.32 Å². The molecule has 0 atom stereocenters. The van der Waals surface area contributed by atoms with Gasteiger partial charge >= 0.3 is 5.97 Å². The summed E-state index contributed by atoms with van der Waals surface area (Å²) in [7, 11) is 0. The third-order valence-corrected chi connectivity index (χ3v) is 5.53. The summed E-state index contributed by atoms with van der Waals surface area (Å²) in [6, 6.07) is 23.4. The number of ether oxygens (including phenoxy) is 1. The Kier molecular flexibility index (Phi) is 8.57. The molecule has 3 aromatic rings. The van der Waals surface area contributed by atoms with Crippen molar-refractivity contribution in [2.45, 2.75) is 33.1 Å². The Balaban J connectivity index is 1.49. The zero-order valence-corrected chi connectivity index (χ0v) is 19.8. The largest absolute Gasteiger partial charge is 0.456 e. The van der Waals surface area contributed by atoms with E-state index in [4.69, 9.17) is 4.74 Å². The maximum absolute atomic E-state index is 12.5. The van der Waals surface area contributed by atoms with Crippen LogP contribution in [-0.2, 0) is 19.1 Å². The van der Waals surface area contributed by atoms with Gasteiger partial charge in [-0.3, -0.25) is 14.4 Å². The first-order valence-electron chi connectivity index (χ1n) is 11.2. The molecule has 6 heteroatoms. The van der Waals surface area contributed by atoms with Crippen LogP contribution in [0, 0.1) is 20.8 Å². The van der Waals surface area contributed by atoms with Gasteiger partial charge in [-0.15, -0.1) is 0 Å². The van der Waals surface area contributed by atoms with E-state index in [0.717, 1.165) is 33.5 Å². The molecule has 0 aromatic heterocycles. The number of nitrogens with one attached hydrogen (secondary N) is 2. The average Bonchev–Trinajstić information content (AvgIpc) is 2.83. The van der Waals surface area contributed by atoms with E-state index in [9.17, 15) is 14.4 Å². The van der Waals surface area contributed by atoms with Crippen molar-refractivity contribution < 1.29 is 19.1 Å². The van der Waals surface area contributed by atoms with Gasteiger partial charge in [-0.2, -0.15) is 0 Å². The molecule has 0 heterocycles. The molecule has 0 saturated heterocycles. The molecule has 3 rings (SSSR count). The molecule has 2 amide bonds. The predicted molar refractivity (Wildman–Crippen MR) is 133 cm³/mol. The fourth-order valence-corrected chi connectivity index (χ4v) is 3.96. The number of benzene rings is 3. The van der Waals surface area contributed by atoms with Gasteiger partial charge < -0.3 is 15.4 Å². The topological polar surface area (TPSA) is 84.5 Å². The van der Waals surface area contributed by atoms with Crippen molar-refractivity contribution in [3.63, 3.8) is 0 Å². The smallest absolute Gasteiger partial charge is 0.307 e. The van der Waals surface area contributed by atoms with Gasteiger partial charge in [-0.25, -0.2) is 0 Å². The van der Waals surface area contributed by atoms with Crippen molar-refractivity contribution in [2.24, 2.45) is 0 Å². The first kappa shape index (κ1) is 24.7. The van der Waals surface area contributed by atoms with Gasteiger partial charge in [0.2, 0.25) is 5.91 Å². The van der Waals surface area contributed by atoms with E-state index in [1.165, 1.54) is 0 Å². The fourth-order valence-electron chi connectivity index (χ4n) is 3.96. The highest BCUT2D eigenvalue weighted by molar-refractivity contribution is 5.96. The molecule has 176 valence electrons. The molecule has 2 N–H and O–H groups in total. The molecule has 0 unspecified atom stereocenters. The minimum Gasteiger partial charge on any atom is -0.456 e. The zero-order chi connectivity index (χ0) is 24.5. The highest BCUT2D eigenvalue weighted by Gasteiger charge is 2.20. The second-order valence-electron chi connectivity index (χ2n) is 8.34. The van der Waals surface area contributed by atoms with Crippen LogP contribution in [0.1, 0.15) is 40.2 Å². The molecule has 0 fully saturated rings. The molecule has 0 spiro atoms. The van der Waals surface area contributed by atoms with E-state index in [2.05, 4.69) is 10.6 Å². The third kappa shape index (κ3) is 7.04. The summed E-state index contributed by atoms with van der Waals surface area (Å²) in [4.78, 5) is 36.9. The molecule has 3 aromatic carbocycles. The molecule has 0 bridgehead atoms. The number of amides is 2. The summed E-state index contributed by atoms with van der Waals surface area (Å²) in [6.45, 7) is 5.19. The number of rotatable bonds is 9. The number of hydrogen-bond acceptors (Lipinski definition) is 4. The summed E-state index contributed by atoms with van der Waals surface area (Å²) in [5.41, 5.74) is 5.76. The van der Waals surface area contributed by atoms with Crippen molar-refractivity contribution >= 4 is 23.5 Å². The Bertz CT molecular complexity index is 1080. The fraction of sp³-hybridized carbons (Fsp3) is 0.250. The van der Waals surface area contributed by atoms with Gasteiger partial charge in [0.15, 0.2) is 6.61 Å². The third-order valence-electron chi connectivity index (χ3n) is 5.53. The van der Waals surface area contributed by atoms with Crippen LogP contribution in [0.2, 0.25) is 0 Å². The lowest BCUT2D eigenvalue weighted by Gasteiger charge is -2.17. The van der Waals surface area contributed by atoms with Crippen LogP contribution in [-0.4, -0.2) is 30.9 Å². The Morgan fingerprint density at radius 1 is 0.794 bits per heavy atom. The zero-order valence-electron chi connectivity index (χ0n) is 19.8. The monoisotopic (exact) mass is 458 g/mol. The normalized spacial score (nSPS) is 10.6. The molecule has 0 aliphatic rings. The number of aryl methyl sites for hydroxylation is 3. The quantitative estimate of drug-likeness (QED) is 0.465. The van der Waals surface area contributed by atoms with Gasteiger partial charge in [0.25, 0.3) is 5.91 Å². The van der Waals surface area contributed by atoms with Crippen LogP contribution in [0.3, 0.4) is 0 Å². The van der Waals surface area contributed by atoms with E-state index in [1.807, 2.05) is 93.6 Å². The van der Waals surface area contributed by atoms with Gasteiger partial charge in [0, 0.05) is 11.6 Å². The second-order valence-corrected chi connectivity index (χ2v) is 8.34. The van der Waals surface area contributed by atoms with Gasteiger partial charge in [-0.1, -0.05) is 78.4 Å². The summed E-state index contributed by atoms with van der Waals surface area (Å²) < 4.78 is 5.20. The maximum Gasteiger partial charge on any atom is 0.307 e. The average molecular weight is 459 g/mol. The number of esters is 1. The highest BCUT2D eigenvalue weighted by Crippen LogP contribution is 2.28. The van der Waals surface area contributed by atoms with E-state index in [1.54, 1.807) is 0 Å². The molecule has 0 radical (unpaired) electrons. The van der Waals surface area contributed by atoms with Crippen LogP contribution in [0.25, 0.3) is 0 Å². The van der Waals surface area contributed by atoms with Gasteiger partial charge in [0.1, 0.15) is 0 Å². The lowest BCUT2D eigenvalue weighted by molar-refractivity contribution is -0.148. The minimum atomic E-state index is -0.531. The molecule has 34 heavy (non-hydrogen) atoms. The van der Waals surface area contributed by atoms with Crippen LogP contribution in [0.4, 0.5) is 5.69 Å². The maximum atomic E-state index is 12.5. The Morgan fingerprint density at radius 2 is 1.32 bits per heavy atom. The van der Waals surface area contributed by atoms with E-state index in [-0.39, 0.29) is 24.8 Å². The summed E-state index contributed by atoms with van der Waals surface area (Å²) in [5, 5.41) is 5.32.